The Kier molecular flexibility index (Phi) is 4.14. The number of nitrogens with one attached hydrogen (secondary N) is 1. The molecule has 0 fully saturated rings. The molecule has 2 nitrogen and oxygen atoms in total. The van der Waals surface area contributed by atoms with Crippen LogP contribution in [0, 0.1) is 12.8 Å². The van der Waals surface area contributed by atoms with Crippen LogP contribution in [0.4, 0.5) is 0 Å². The average molecular weight is 210 g/mol. The molecule has 0 aliphatic rings. The van der Waals surface area contributed by atoms with Crippen molar-refractivity contribution in [2.75, 3.05) is 0 Å². The van der Waals surface area contributed by atoms with E-state index in [1.165, 1.54) is 11.3 Å². The molecule has 14 heavy (non-hydrogen) atoms. The van der Waals surface area contributed by atoms with E-state index in [1.807, 2.05) is 17.5 Å². The number of carbonyl (C=O) groups is 1. The van der Waals surface area contributed by atoms with Crippen molar-refractivity contribution in [3.05, 3.63) is 29.3 Å². The van der Waals surface area contributed by atoms with Crippen LogP contribution in [0.5, 0.6) is 0 Å². The van der Waals surface area contributed by atoms with Crippen LogP contribution in [0.3, 0.4) is 0 Å². The lowest BCUT2D eigenvalue weighted by Gasteiger charge is -2.14. The fraction of sp³-hybridized carbons (Fsp3) is 0.455. The van der Waals surface area contributed by atoms with Crippen molar-refractivity contribution in [1.29, 1.82) is 0 Å². The molecule has 1 atom stereocenters. The van der Waals surface area contributed by atoms with E-state index in [2.05, 4.69) is 26.1 Å². The highest BCUT2D eigenvalue weighted by molar-refractivity contribution is 7.12. The average Bonchev–Trinajstić information content (AvgIpc) is 2.53. The van der Waals surface area contributed by atoms with E-state index in [0.29, 0.717) is 5.92 Å². The van der Waals surface area contributed by atoms with Gasteiger partial charge in [-0.15, -0.1) is 11.3 Å². The minimum absolute atomic E-state index is 0.00426. The molecule has 3 heteroatoms. The largest absolute Gasteiger partial charge is 0.349 e. The van der Waals surface area contributed by atoms with E-state index in [1.54, 1.807) is 0 Å². The second-order valence-corrected chi connectivity index (χ2v) is 4.72. The third-order valence-electron chi connectivity index (χ3n) is 1.84. The van der Waals surface area contributed by atoms with Crippen LogP contribution < -0.4 is 5.32 Å². The van der Waals surface area contributed by atoms with Crippen molar-refractivity contribution in [3.8, 4) is 0 Å². The fourth-order valence-electron chi connectivity index (χ4n) is 1.29. The zero-order valence-corrected chi connectivity index (χ0v) is 9.43. The van der Waals surface area contributed by atoms with Gasteiger partial charge in [-0.2, -0.15) is 0 Å². The highest BCUT2D eigenvalue weighted by Crippen LogP contribution is 2.09. The topological polar surface area (TPSA) is 29.1 Å². The predicted molar refractivity (Wildman–Crippen MR) is 60.4 cm³/mol. The van der Waals surface area contributed by atoms with Crippen molar-refractivity contribution in [3.63, 3.8) is 0 Å². The van der Waals surface area contributed by atoms with Gasteiger partial charge in [0, 0.05) is 6.04 Å². The molecule has 0 saturated carbocycles. The first kappa shape index (κ1) is 11.2. The summed E-state index contributed by atoms with van der Waals surface area (Å²) in [7, 11) is 0. The van der Waals surface area contributed by atoms with Gasteiger partial charge < -0.3 is 5.32 Å². The summed E-state index contributed by atoms with van der Waals surface area (Å²) in [5.74, 6) is 0.543. The number of thiophene rings is 1. The van der Waals surface area contributed by atoms with Crippen LogP contribution in [0.25, 0.3) is 0 Å². The summed E-state index contributed by atoms with van der Waals surface area (Å²) in [6, 6.07) is 3.70. The molecule has 1 heterocycles. The number of hydrogen-bond donors (Lipinski definition) is 1. The van der Waals surface area contributed by atoms with Crippen LogP contribution >= 0.6 is 11.3 Å². The van der Waals surface area contributed by atoms with Gasteiger partial charge in [-0.25, -0.2) is 0 Å². The van der Waals surface area contributed by atoms with E-state index in [-0.39, 0.29) is 11.9 Å². The molecule has 0 saturated heterocycles. The van der Waals surface area contributed by atoms with Crippen LogP contribution in [0.1, 0.15) is 29.9 Å². The number of hydrogen-bond acceptors (Lipinski definition) is 2. The lowest BCUT2D eigenvalue weighted by atomic mass is 10.1. The molecular formula is C11H16NOS. The molecular weight excluding hydrogens is 194 g/mol. The normalized spacial score (nSPS) is 12.9. The maximum Gasteiger partial charge on any atom is 0.261 e. The summed E-state index contributed by atoms with van der Waals surface area (Å²) in [5.41, 5.74) is 0. The molecule has 0 unspecified atom stereocenters. The van der Waals surface area contributed by atoms with Gasteiger partial charge in [0.25, 0.3) is 5.91 Å². The Labute approximate surface area is 89.3 Å². The van der Waals surface area contributed by atoms with Gasteiger partial charge in [0.15, 0.2) is 0 Å². The second-order valence-electron chi connectivity index (χ2n) is 3.78. The molecule has 1 aromatic heterocycles. The summed E-state index contributed by atoms with van der Waals surface area (Å²) in [6.07, 6.45) is 0.914. The van der Waals surface area contributed by atoms with E-state index >= 15 is 0 Å². The molecule has 0 aliphatic heterocycles. The standard InChI is InChI=1S/C11H16NOS/c1-8(2)7-9(3)12-11(13)10-5-4-6-14-10/h4-6,8-9H,3,7H2,1-2H3,(H,12,13)/t9-/m0/s1. The Morgan fingerprint density at radius 3 is 2.86 bits per heavy atom. The summed E-state index contributed by atoms with van der Waals surface area (Å²) in [6.45, 7) is 8.14. The molecule has 0 aliphatic carbocycles. The Morgan fingerprint density at radius 2 is 2.36 bits per heavy atom. The van der Waals surface area contributed by atoms with Crippen LogP contribution in [-0.2, 0) is 0 Å². The summed E-state index contributed by atoms with van der Waals surface area (Å²) < 4.78 is 0. The van der Waals surface area contributed by atoms with Crippen molar-refractivity contribution < 1.29 is 4.79 Å². The summed E-state index contributed by atoms with van der Waals surface area (Å²) in [5, 5.41) is 4.77. The van der Waals surface area contributed by atoms with Gasteiger partial charge >= 0.3 is 0 Å². The summed E-state index contributed by atoms with van der Waals surface area (Å²) in [4.78, 5) is 12.3. The van der Waals surface area contributed by atoms with Gasteiger partial charge in [-0.3, -0.25) is 4.79 Å². The lowest BCUT2D eigenvalue weighted by Crippen LogP contribution is -2.33. The third kappa shape index (κ3) is 3.50. The molecule has 0 bridgehead atoms. The first-order valence-corrected chi connectivity index (χ1v) is 5.65. The predicted octanol–water partition coefficient (Wildman–Crippen LogP) is 2.73. The minimum Gasteiger partial charge on any atom is -0.349 e. The van der Waals surface area contributed by atoms with Crippen LogP contribution in [0.2, 0.25) is 0 Å². The van der Waals surface area contributed by atoms with E-state index in [4.69, 9.17) is 0 Å². The molecule has 0 aromatic carbocycles. The first-order valence-electron chi connectivity index (χ1n) is 4.77. The quantitative estimate of drug-likeness (QED) is 0.813. The van der Waals surface area contributed by atoms with Crippen LogP contribution in [0.15, 0.2) is 17.5 Å². The van der Waals surface area contributed by atoms with Gasteiger partial charge in [0.1, 0.15) is 0 Å². The second kappa shape index (κ2) is 5.15. The summed E-state index contributed by atoms with van der Waals surface area (Å²) >= 11 is 1.45. The third-order valence-corrected chi connectivity index (χ3v) is 2.70. The smallest absolute Gasteiger partial charge is 0.261 e. The Balaban J connectivity index is 2.41. The number of rotatable bonds is 4. The number of carbonyl (C=O) groups excluding carboxylic acids is 1. The molecule has 1 radical (unpaired) electrons. The van der Waals surface area contributed by atoms with Gasteiger partial charge in [0.05, 0.1) is 4.88 Å². The van der Waals surface area contributed by atoms with Crippen molar-refractivity contribution in [2.45, 2.75) is 26.3 Å². The van der Waals surface area contributed by atoms with Crippen molar-refractivity contribution in [1.82, 2.24) is 5.32 Å². The minimum atomic E-state index is -0.0133. The van der Waals surface area contributed by atoms with E-state index in [0.717, 1.165) is 11.3 Å². The van der Waals surface area contributed by atoms with Gasteiger partial charge in [-0.1, -0.05) is 19.9 Å². The number of amides is 1. The maximum atomic E-state index is 11.6. The Morgan fingerprint density at radius 1 is 1.64 bits per heavy atom. The Bertz CT molecular complexity index is 279. The lowest BCUT2D eigenvalue weighted by molar-refractivity contribution is 0.0945. The molecule has 1 rings (SSSR count). The SMILES string of the molecule is [CH2][C@@H](CC(C)C)NC(=O)c1cccs1. The van der Waals surface area contributed by atoms with Gasteiger partial charge in [0.2, 0.25) is 0 Å². The molecule has 1 aromatic rings. The fourth-order valence-corrected chi connectivity index (χ4v) is 1.92. The van der Waals surface area contributed by atoms with E-state index < -0.39 is 0 Å². The maximum absolute atomic E-state index is 11.6. The van der Waals surface area contributed by atoms with Crippen LogP contribution in [-0.4, -0.2) is 11.9 Å². The van der Waals surface area contributed by atoms with Crippen molar-refractivity contribution in [2.24, 2.45) is 5.92 Å². The monoisotopic (exact) mass is 210 g/mol. The first-order chi connectivity index (χ1) is 6.59. The van der Waals surface area contributed by atoms with Crippen molar-refractivity contribution >= 4 is 17.2 Å². The molecule has 1 amide bonds. The zero-order valence-electron chi connectivity index (χ0n) is 8.62. The Hall–Kier alpha value is -0.830. The molecule has 0 spiro atoms. The molecule has 1 N–H and O–H groups in total. The molecule has 77 valence electrons. The highest BCUT2D eigenvalue weighted by Gasteiger charge is 2.11. The van der Waals surface area contributed by atoms with E-state index in [9.17, 15) is 4.79 Å². The van der Waals surface area contributed by atoms with Gasteiger partial charge in [-0.05, 0) is 30.7 Å². The zero-order chi connectivity index (χ0) is 10.6. The highest BCUT2D eigenvalue weighted by atomic mass is 32.1.